The Kier molecular flexibility index (Phi) is 5.57. The number of carbonyl (C=O) groups is 1. The largest absolute Gasteiger partial charge is 0.299 e. The molecule has 0 saturated carbocycles. The Balaban J connectivity index is 1.47. The van der Waals surface area contributed by atoms with Gasteiger partial charge in [0, 0.05) is 19.2 Å². The molecule has 0 bridgehead atoms. The minimum atomic E-state index is 0.158. The Labute approximate surface area is 149 Å². The minimum absolute atomic E-state index is 0.158. The van der Waals surface area contributed by atoms with Gasteiger partial charge in [0.25, 0.3) is 0 Å². The highest BCUT2D eigenvalue weighted by Gasteiger charge is 2.22. The van der Waals surface area contributed by atoms with Gasteiger partial charge in [-0.3, -0.25) is 14.7 Å². The molecule has 0 aliphatic carbocycles. The van der Waals surface area contributed by atoms with E-state index in [1.165, 1.54) is 5.56 Å². The van der Waals surface area contributed by atoms with Crippen molar-refractivity contribution in [2.24, 2.45) is 5.92 Å². The molecule has 0 amide bonds. The van der Waals surface area contributed by atoms with Crippen LogP contribution in [0.25, 0.3) is 0 Å². The van der Waals surface area contributed by atoms with Crippen molar-refractivity contribution < 1.29 is 4.79 Å². The van der Waals surface area contributed by atoms with Gasteiger partial charge in [-0.2, -0.15) is 5.26 Å². The summed E-state index contributed by atoms with van der Waals surface area (Å²) in [7, 11) is 0. The molecule has 4 nitrogen and oxygen atoms in total. The van der Waals surface area contributed by atoms with E-state index in [4.69, 9.17) is 5.26 Å². The number of aromatic nitrogens is 1. The summed E-state index contributed by atoms with van der Waals surface area (Å²) in [6.45, 7) is 4.91. The van der Waals surface area contributed by atoms with Crippen molar-refractivity contribution in [3.63, 3.8) is 0 Å². The van der Waals surface area contributed by atoms with Gasteiger partial charge in [-0.1, -0.05) is 18.2 Å². The molecule has 3 rings (SSSR count). The summed E-state index contributed by atoms with van der Waals surface area (Å²) in [6.07, 6.45) is 4.45. The summed E-state index contributed by atoms with van der Waals surface area (Å²) in [5.74, 6) is 0.610. The number of carbonyl (C=O) groups excluding carboxylic acids is 1. The zero-order valence-corrected chi connectivity index (χ0v) is 14.6. The third-order valence-corrected chi connectivity index (χ3v) is 4.87. The van der Waals surface area contributed by atoms with E-state index < -0.39 is 0 Å². The molecule has 2 aromatic rings. The van der Waals surface area contributed by atoms with Crippen LogP contribution >= 0.6 is 0 Å². The van der Waals surface area contributed by atoms with Gasteiger partial charge in [-0.25, -0.2) is 0 Å². The molecule has 1 saturated heterocycles. The number of rotatable bonds is 5. The predicted octanol–water partition coefficient (Wildman–Crippen LogP) is 3.75. The first-order chi connectivity index (χ1) is 12.1. The van der Waals surface area contributed by atoms with Crippen LogP contribution in [0.4, 0.5) is 0 Å². The molecule has 0 atom stereocenters. The highest BCUT2D eigenvalue weighted by Crippen LogP contribution is 2.23. The van der Waals surface area contributed by atoms with E-state index in [1.807, 2.05) is 43.3 Å². The van der Waals surface area contributed by atoms with E-state index in [-0.39, 0.29) is 5.78 Å². The molecular formula is C21H23N3O. The number of benzene rings is 1. The number of nitriles is 1. The van der Waals surface area contributed by atoms with E-state index >= 15 is 0 Å². The Hall–Kier alpha value is -2.51. The van der Waals surface area contributed by atoms with Gasteiger partial charge in [-0.15, -0.1) is 0 Å². The van der Waals surface area contributed by atoms with Crippen molar-refractivity contribution in [1.82, 2.24) is 9.88 Å². The lowest BCUT2D eigenvalue weighted by Crippen LogP contribution is -2.34. The molecule has 1 aromatic carbocycles. The van der Waals surface area contributed by atoms with Gasteiger partial charge in [0.15, 0.2) is 5.78 Å². The summed E-state index contributed by atoms with van der Waals surface area (Å²) in [4.78, 5) is 19.0. The van der Waals surface area contributed by atoms with E-state index in [9.17, 15) is 4.79 Å². The Morgan fingerprint density at radius 1 is 1.20 bits per heavy atom. The number of piperidine rings is 1. The Bertz CT molecular complexity index is 751. The highest BCUT2D eigenvalue weighted by atomic mass is 16.1. The van der Waals surface area contributed by atoms with E-state index in [0.717, 1.165) is 38.0 Å². The average molecular weight is 333 g/mol. The van der Waals surface area contributed by atoms with Crippen LogP contribution < -0.4 is 0 Å². The van der Waals surface area contributed by atoms with Gasteiger partial charge < -0.3 is 0 Å². The fourth-order valence-electron chi connectivity index (χ4n) is 3.29. The SMILES string of the molecule is Cc1ccc(C(=O)CC2CCN(Cc3ccc(C#N)cc3)CC2)nc1. The van der Waals surface area contributed by atoms with Gasteiger partial charge in [0.1, 0.15) is 5.69 Å². The lowest BCUT2D eigenvalue weighted by atomic mass is 9.90. The number of hydrogen-bond donors (Lipinski definition) is 0. The van der Waals surface area contributed by atoms with Gasteiger partial charge in [0.05, 0.1) is 11.6 Å². The van der Waals surface area contributed by atoms with Crippen LogP contribution in [-0.4, -0.2) is 28.8 Å². The second-order valence-electron chi connectivity index (χ2n) is 6.88. The maximum Gasteiger partial charge on any atom is 0.181 e. The fraction of sp³-hybridized carbons (Fsp3) is 0.381. The predicted molar refractivity (Wildman–Crippen MR) is 97.1 cm³/mol. The van der Waals surface area contributed by atoms with Crippen molar-refractivity contribution in [2.75, 3.05) is 13.1 Å². The van der Waals surface area contributed by atoms with Gasteiger partial charge in [-0.05, 0) is 68.1 Å². The first-order valence-corrected chi connectivity index (χ1v) is 8.81. The molecule has 0 N–H and O–H groups in total. The number of Topliss-reactive ketones (excluding diaryl/α,β-unsaturated/α-hetero) is 1. The molecule has 0 spiro atoms. The molecule has 4 heteroatoms. The summed E-state index contributed by atoms with van der Waals surface area (Å²) >= 11 is 0. The third-order valence-electron chi connectivity index (χ3n) is 4.87. The second kappa shape index (κ2) is 8.04. The molecule has 0 unspecified atom stereocenters. The molecule has 2 heterocycles. The van der Waals surface area contributed by atoms with E-state index in [1.54, 1.807) is 6.20 Å². The summed E-state index contributed by atoms with van der Waals surface area (Å²) in [6, 6.07) is 13.7. The maximum atomic E-state index is 12.4. The number of ketones is 1. The standard InChI is InChI=1S/C21H23N3O/c1-16-2-7-20(23-14-16)21(25)12-17-8-10-24(11-9-17)15-19-5-3-18(13-22)4-6-19/h2-7,14,17H,8-12,15H2,1H3. The molecule has 25 heavy (non-hydrogen) atoms. The first-order valence-electron chi connectivity index (χ1n) is 8.81. The number of hydrogen-bond acceptors (Lipinski definition) is 4. The quantitative estimate of drug-likeness (QED) is 0.782. The number of pyridine rings is 1. The Morgan fingerprint density at radius 2 is 1.92 bits per heavy atom. The molecule has 0 radical (unpaired) electrons. The van der Waals surface area contributed by atoms with Crippen LogP contribution in [0.1, 0.15) is 46.4 Å². The van der Waals surface area contributed by atoms with Crippen molar-refractivity contribution in [2.45, 2.75) is 32.7 Å². The van der Waals surface area contributed by atoms with Crippen molar-refractivity contribution in [1.29, 1.82) is 5.26 Å². The van der Waals surface area contributed by atoms with Gasteiger partial charge >= 0.3 is 0 Å². The summed E-state index contributed by atoms with van der Waals surface area (Å²) in [5.41, 5.74) is 3.60. The first kappa shape index (κ1) is 17.3. The maximum absolute atomic E-state index is 12.4. The van der Waals surface area contributed by atoms with Crippen LogP contribution in [0, 0.1) is 24.2 Å². The zero-order chi connectivity index (χ0) is 17.6. The number of aryl methyl sites for hydroxylation is 1. The van der Waals surface area contributed by atoms with Crippen LogP contribution in [0.15, 0.2) is 42.6 Å². The van der Waals surface area contributed by atoms with Crippen LogP contribution in [0.5, 0.6) is 0 Å². The summed E-state index contributed by atoms with van der Waals surface area (Å²) < 4.78 is 0. The second-order valence-corrected chi connectivity index (χ2v) is 6.88. The zero-order valence-electron chi connectivity index (χ0n) is 14.6. The molecule has 1 fully saturated rings. The molecule has 1 aromatic heterocycles. The van der Waals surface area contributed by atoms with E-state index in [2.05, 4.69) is 16.0 Å². The van der Waals surface area contributed by atoms with Crippen LogP contribution in [-0.2, 0) is 6.54 Å². The molecule has 1 aliphatic heterocycles. The smallest absolute Gasteiger partial charge is 0.181 e. The molecule has 1 aliphatic rings. The topological polar surface area (TPSA) is 57.0 Å². The number of nitrogens with zero attached hydrogens (tertiary/aromatic N) is 3. The minimum Gasteiger partial charge on any atom is -0.299 e. The molecular weight excluding hydrogens is 310 g/mol. The van der Waals surface area contributed by atoms with E-state index in [0.29, 0.717) is 23.6 Å². The monoisotopic (exact) mass is 333 g/mol. The molecule has 128 valence electrons. The average Bonchev–Trinajstić information content (AvgIpc) is 2.64. The van der Waals surface area contributed by atoms with Crippen LogP contribution in [0.3, 0.4) is 0 Å². The highest BCUT2D eigenvalue weighted by molar-refractivity contribution is 5.94. The van der Waals surface area contributed by atoms with Gasteiger partial charge in [0.2, 0.25) is 0 Å². The lowest BCUT2D eigenvalue weighted by molar-refractivity contribution is 0.0920. The van der Waals surface area contributed by atoms with Crippen LogP contribution in [0.2, 0.25) is 0 Å². The lowest BCUT2D eigenvalue weighted by Gasteiger charge is -2.31. The Morgan fingerprint density at radius 3 is 2.52 bits per heavy atom. The van der Waals surface area contributed by atoms with Crippen molar-refractivity contribution in [3.8, 4) is 6.07 Å². The summed E-state index contributed by atoms with van der Waals surface area (Å²) in [5, 5.41) is 8.85. The fourth-order valence-corrected chi connectivity index (χ4v) is 3.29. The number of likely N-dealkylation sites (tertiary alicyclic amines) is 1. The third kappa shape index (κ3) is 4.74. The van der Waals surface area contributed by atoms with Crippen molar-refractivity contribution in [3.05, 3.63) is 65.0 Å². The normalized spacial score (nSPS) is 15.7. The van der Waals surface area contributed by atoms with Crippen molar-refractivity contribution >= 4 is 5.78 Å².